The van der Waals surface area contributed by atoms with Gasteiger partial charge < -0.3 is 9.47 Å². The van der Waals surface area contributed by atoms with Gasteiger partial charge in [-0.2, -0.15) is 0 Å². The van der Waals surface area contributed by atoms with Crippen LogP contribution in [0.5, 0.6) is 0 Å². The van der Waals surface area contributed by atoms with Crippen LogP contribution >= 0.6 is 0 Å². The van der Waals surface area contributed by atoms with Crippen molar-refractivity contribution >= 4 is 11.9 Å². The molecule has 4 nitrogen and oxygen atoms in total. The minimum absolute atomic E-state index is 0.177. The zero-order valence-electron chi connectivity index (χ0n) is 13.9. The van der Waals surface area contributed by atoms with Gasteiger partial charge in [0.25, 0.3) is 0 Å². The molecule has 1 rings (SSSR count). The third-order valence-electron chi connectivity index (χ3n) is 4.47. The van der Waals surface area contributed by atoms with Crippen molar-refractivity contribution in [2.75, 3.05) is 13.2 Å². The zero-order valence-corrected chi connectivity index (χ0v) is 13.9. The molecule has 0 spiro atoms. The van der Waals surface area contributed by atoms with Gasteiger partial charge in [0.1, 0.15) is 0 Å². The summed E-state index contributed by atoms with van der Waals surface area (Å²) in [5, 5.41) is 0. The van der Waals surface area contributed by atoms with Crippen LogP contribution in [-0.4, -0.2) is 25.2 Å². The molecule has 1 aliphatic rings. The quantitative estimate of drug-likeness (QED) is 0.674. The summed E-state index contributed by atoms with van der Waals surface area (Å²) < 4.78 is 10.7. The summed E-state index contributed by atoms with van der Waals surface area (Å²) in [6, 6.07) is 0. The Morgan fingerprint density at radius 2 is 1.43 bits per heavy atom. The third kappa shape index (κ3) is 4.72. The standard InChI is InChI=1S/C17H30O4/c1-5-10-20-16(18)14-12(4)8-9-13(7-3)15(14)17(19)21-11-6-2/h12-15H,5-11H2,1-4H3. The lowest BCUT2D eigenvalue weighted by Gasteiger charge is -2.38. The molecule has 4 heteroatoms. The lowest BCUT2D eigenvalue weighted by molar-refractivity contribution is -0.168. The summed E-state index contributed by atoms with van der Waals surface area (Å²) in [4.78, 5) is 24.8. The Bertz CT molecular complexity index is 340. The molecule has 1 saturated carbocycles. The number of hydrogen-bond donors (Lipinski definition) is 0. The molecule has 122 valence electrons. The number of rotatable bonds is 7. The first kappa shape index (κ1) is 18.0. The minimum Gasteiger partial charge on any atom is -0.465 e. The minimum atomic E-state index is -0.348. The van der Waals surface area contributed by atoms with Crippen LogP contribution in [-0.2, 0) is 19.1 Å². The fraction of sp³-hybridized carbons (Fsp3) is 0.882. The van der Waals surface area contributed by atoms with Gasteiger partial charge >= 0.3 is 11.9 Å². The first-order valence-corrected chi connectivity index (χ1v) is 8.39. The molecule has 0 radical (unpaired) electrons. The average molecular weight is 298 g/mol. The zero-order chi connectivity index (χ0) is 15.8. The van der Waals surface area contributed by atoms with Crippen molar-refractivity contribution in [2.45, 2.75) is 59.8 Å². The van der Waals surface area contributed by atoms with Gasteiger partial charge in [-0.05, 0) is 37.5 Å². The molecule has 4 unspecified atom stereocenters. The van der Waals surface area contributed by atoms with E-state index in [0.29, 0.717) is 13.2 Å². The molecule has 1 aliphatic carbocycles. The number of esters is 2. The van der Waals surface area contributed by atoms with E-state index in [9.17, 15) is 9.59 Å². The SMILES string of the molecule is CCCOC(=O)C1C(C)CCC(CC)C1C(=O)OCCC. The number of ether oxygens (including phenoxy) is 2. The first-order valence-electron chi connectivity index (χ1n) is 8.39. The van der Waals surface area contributed by atoms with Crippen molar-refractivity contribution in [3.8, 4) is 0 Å². The summed E-state index contributed by atoms with van der Waals surface area (Å²) in [6.07, 6.45) is 4.46. The van der Waals surface area contributed by atoms with Gasteiger partial charge in [0, 0.05) is 0 Å². The lowest BCUT2D eigenvalue weighted by Crippen LogP contribution is -2.44. The van der Waals surface area contributed by atoms with E-state index in [1.807, 2.05) is 20.8 Å². The molecule has 21 heavy (non-hydrogen) atoms. The molecule has 0 bridgehead atoms. The van der Waals surface area contributed by atoms with Gasteiger partial charge in [-0.3, -0.25) is 9.59 Å². The maximum absolute atomic E-state index is 12.4. The van der Waals surface area contributed by atoms with Crippen molar-refractivity contribution in [3.05, 3.63) is 0 Å². The summed E-state index contributed by atoms with van der Waals surface area (Å²) in [6.45, 7) is 8.92. The van der Waals surface area contributed by atoms with Crippen molar-refractivity contribution in [1.29, 1.82) is 0 Å². The second kappa shape index (κ2) is 9.06. The van der Waals surface area contributed by atoms with E-state index in [1.54, 1.807) is 0 Å². The Hall–Kier alpha value is -1.06. The molecule has 0 aromatic rings. The first-order chi connectivity index (χ1) is 10.1. The van der Waals surface area contributed by atoms with Crippen LogP contribution in [0.15, 0.2) is 0 Å². The topological polar surface area (TPSA) is 52.6 Å². The predicted molar refractivity (Wildman–Crippen MR) is 81.7 cm³/mol. The Morgan fingerprint density at radius 1 is 0.905 bits per heavy atom. The van der Waals surface area contributed by atoms with Crippen LogP contribution in [0.3, 0.4) is 0 Å². The summed E-state index contributed by atoms with van der Waals surface area (Å²) in [5.74, 6) is -0.718. The van der Waals surface area contributed by atoms with Gasteiger partial charge in [-0.25, -0.2) is 0 Å². The number of carbonyl (C=O) groups excluding carboxylic acids is 2. The molecule has 0 saturated heterocycles. The summed E-state index contributed by atoms with van der Waals surface area (Å²) >= 11 is 0. The van der Waals surface area contributed by atoms with Gasteiger partial charge in [0.2, 0.25) is 0 Å². The second-order valence-electron chi connectivity index (χ2n) is 6.11. The van der Waals surface area contributed by atoms with E-state index >= 15 is 0 Å². The van der Waals surface area contributed by atoms with Gasteiger partial charge in [-0.15, -0.1) is 0 Å². The molecule has 0 heterocycles. The molecule has 1 fully saturated rings. The average Bonchev–Trinajstić information content (AvgIpc) is 2.49. The third-order valence-corrected chi connectivity index (χ3v) is 4.47. The summed E-state index contributed by atoms with van der Waals surface area (Å²) in [5.41, 5.74) is 0. The van der Waals surface area contributed by atoms with E-state index in [1.165, 1.54) is 0 Å². The molecule has 0 aromatic heterocycles. The fourth-order valence-electron chi connectivity index (χ4n) is 3.26. The van der Waals surface area contributed by atoms with E-state index in [4.69, 9.17) is 9.47 Å². The van der Waals surface area contributed by atoms with Crippen LogP contribution in [0.25, 0.3) is 0 Å². The van der Waals surface area contributed by atoms with Crippen molar-refractivity contribution in [1.82, 2.24) is 0 Å². The Morgan fingerprint density at radius 3 is 1.90 bits per heavy atom. The highest BCUT2D eigenvalue weighted by molar-refractivity contribution is 5.83. The molecule has 0 amide bonds. The van der Waals surface area contributed by atoms with Gasteiger partial charge in [-0.1, -0.05) is 34.1 Å². The molecule has 0 N–H and O–H groups in total. The maximum Gasteiger partial charge on any atom is 0.310 e. The van der Waals surface area contributed by atoms with Gasteiger partial charge in [0.15, 0.2) is 0 Å². The molecular weight excluding hydrogens is 268 g/mol. The fourth-order valence-corrected chi connectivity index (χ4v) is 3.26. The van der Waals surface area contributed by atoms with E-state index in [0.717, 1.165) is 32.1 Å². The van der Waals surface area contributed by atoms with E-state index in [-0.39, 0.29) is 35.6 Å². The van der Waals surface area contributed by atoms with Crippen molar-refractivity contribution in [2.24, 2.45) is 23.7 Å². The molecular formula is C17H30O4. The van der Waals surface area contributed by atoms with Crippen LogP contribution in [0.4, 0.5) is 0 Å². The number of carbonyl (C=O) groups is 2. The highest BCUT2D eigenvalue weighted by Crippen LogP contribution is 2.41. The molecule has 0 aliphatic heterocycles. The highest BCUT2D eigenvalue weighted by Gasteiger charge is 2.46. The monoisotopic (exact) mass is 298 g/mol. The second-order valence-corrected chi connectivity index (χ2v) is 6.11. The Labute approximate surface area is 128 Å². The van der Waals surface area contributed by atoms with Crippen LogP contribution in [0.1, 0.15) is 59.8 Å². The van der Waals surface area contributed by atoms with Crippen LogP contribution in [0, 0.1) is 23.7 Å². The normalized spacial score (nSPS) is 29.0. The van der Waals surface area contributed by atoms with Crippen molar-refractivity contribution in [3.63, 3.8) is 0 Å². The van der Waals surface area contributed by atoms with Crippen molar-refractivity contribution < 1.29 is 19.1 Å². The lowest BCUT2D eigenvalue weighted by atomic mass is 9.66. The van der Waals surface area contributed by atoms with Crippen LogP contribution in [0.2, 0.25) is 0 Å². The van der Waals surface area contributed by atoms with E-state index in [2.05, 4.69) is 6.92 Å². The Balaban J connectivity index is 2.89. The van der Waals surface area contributed by atoms with Crippen LogP contribution < -0.4 is 0 Å². The van der Waals surface area contributed by atoms with E-state index < -0.39 is 0 Å². The smallest absolute Gasteiger partial charge is 0.310 e. The maximum atomic E-state index is 12.4. The summed E-state index contributed by atoms with van der Waals surface area (Å²) in [7, 11) is 0. The Kier molecular flexibility index (Phi) is 7.76. The molecule has 0 aromatic carbocycles. The largest absolute Gasteiger partial charge is 0.465 e. The predicted octanol–water partition coefficient (Wildman–Crippen LogP) is 3.58. The highest BCUT2D eigenvalue weighted by atomic mass is 16.5. The molecule has 4 atom stereocenters. The van der Waals surface area contributed by atoms with Gasteiger partial charge in [0.05, 0.1) is 25.0 Å². The number of hydrogen-bond acceptors (Lipinski definition) is 4.